The zero-order valence-corrected chi connectivity index (χ0v) is 20.1. The normalized spacial score (nSPS) is 17.8. The fourth-order valence-corrected chi connectivity index (χ4v) is 5.22. The van der Waals surface area contributed by atoms with Crippen molar-refractivity contribution in [3.63, 3.8) is 0 Å². The van der Waals surface area contributed by atoms with E-state index in [0.29, 0.717) is 21.5 Å². The van der Waals surface area contributed by atoms with Gasteiger partial charge in [0.05, 0.1) is 29.2 Å². The Bertz CT molecular complexity index is 1390. The Morgan fingerprint density at radius 1 is 1.03 bits per heavy atom. The van der Waals surface area contributed by atoms with Gasteiger partial charge in [-0.1, -0.05) is 29.8 Å². The van der Waals surface area contributed by atoms with Gasteiger partial charge in [-0.2, -0.15) is 0 Å². The van der Waals surface area contributed by atoms with Crippen LogP contribution in [0.15, 0.2) is 72.9 Å². The number of para-hydroxylation sites is 1. The predicted molar refractivity (Wildman–Crippen MR) is 136 cm³/mol. The van der Waals surface area contributed by atoms with Crippen molar-refractivity contribution in [2.45, 2.75) is 25.9 Å². The summed E-state index contributed by atoms with van der Waals surface area (Å²) in [5.74, 6) is -0.246. The molecule has 2 aromatic carbocycles. The number of nitrogens with zero attached hydrogens (tertiary/aromatic N) is 3. The van der Waals surface area contributed by atoms with Gasteiger partial charge in [-0.3, -0.25) is 4.98 Å². The number of rotatable bonds is 4. The first-order valence-corrected chi connectivity index (χ1v) is 11.6. The smallest absolute Gasteiger partial charge is 0.174 e. The summed E-state index contributed by atoms with van der Waals surface area (Å²) >= 11 is 12.0. The zero-order valence-electron chi connectivity index (χ0n) is 18.5. The van der Waals surface area contributed by atoms with Crippen molar-refractivity contribution in [2.24, 2.45) is 0 Å². The van der Waals surface area contributed by atoms with E-state index in [-0.39, 0.29) is 23.7 Å². The molecule has 2 atom stereocenters. The van der Waals surface area contributed by atoms with Crippen LogP contribution in [0.25, 0.3) is 5.69 Å². The summed E-state index contributed by atoms with van der Waals surface area (Å²) in [5.41, 5.74) is 4.45. The first kappa shape index (κ1) is 22.4. The lowest BCUT2D eigenvalue weighted by molar-refractivity contribution is 0.472. The molecule has 8 heteroatoms. The number of aryl methyl sites for hydroxylation is 1. The van der Waals surface area contributed by atoms with Crippen molar-refractivity contribution in [2.75, 3.05) is 4.90 Å². The third-order valence-electron chi connectivity index (χ3n) is 6.18. The molecule has 0 aliphatic carbocycles. The molecule has 1 saturated heterocycles. The molecule has 2 N–H and O–H groups in total. The number of pyridine rings is 1. The second-order valence-corrected chi connectivity index (χ2v) is 9.07. The summed E-state index contributed by atoms with van der Waals surface area (Å²) in [6.45, 7) is 3.91. The first-order chi connectivity index (χ1) is 16.4. The van der Waals surface area contributed by atoms with Crippen LogP contribution in [0.2, 0.25) is 5.02 Å². The van der Waals surface area contributed by atoms with E-state index in [1.165, 1.54) is 6.07 Å². The minimum atomic E-state index is -0.363. The van der Waals surface area contributed by atoms with E-state index in [4.69, 9.17) is 23.8 Å². The molecule has 2 aromatic heterocycles. The van der Waals surface area contributed by atoms with Gasteiger partial charge in [-0.25, -0.2) is 4.39 Å². The highest BCUT2D eigenvalue weighted by atomic mass is 35.5. The van der Waals surface area contributed by atoms with Gasteiger partial charge in [0.25, 0.3) is 0 Å². The number of aromatic hydroxyl groups is 1. The van der Waals surface area contributed by atoms with Crippen LogP contribution >= 0.6 is 23.8 Å². The lowest BCUT2D eigenvalue weighted by atomic mass is 9.96. The van der Waals surface area contributed by atoms with Crippen LogP contribution < -0.4 is 10.2 Å². The number of phenols is 1. The molecule has 5 nitrogen and oxygen atoms in total. The van der Waals surface area contributed by atoms with E-state index < -0.39 is 0 Å². The van der Waals surface area contributed by atoms with Gasteiger partial charge >= 0.3 is 0 Å². The standard InChI is InChI=1S/C26H22ClFN4OS/c1-15-13-18(16(2)31(15)21-9-4-3-7-19(21)28)25-24(20-8-5-6-12-29-20)30-26(34)32(25)22-14-17(27)10-11-23(22)33/h3-14,24-25,33H,1-2H3,(H,30,34)/t24-,25+/m0/s1. The monoisotopic (exact) mass is 492 g/mol. The number of nitrogens with one attached hydrogen (secondary N) is 1. The van der Waals surface area contributed by atoms with E-state index in [1.54, 1.807) is 36.5 Å². The van der Waals surface area contributed by atoms with Crippen molar-refractivity contribution in [1.82, 2.24) is 14.9 Å². The van der Waals surface area contributed by atoms with Crippen LogP contribution in [0, 0.1) is 19.7 Å². The maximum atomic E-state index is 14.7. The number of halogens is 2. The molecule has 0 amide bonds. The third-order valence-corrected chi connectivity index (χ3v) is 6.73. The average molecular weight is 493 g/mol. The molecule has 34 heavy (non-hydrogen) atoms. The second-order valence-electron chi connectivity index (χ2n) is 8.24. The van der Waals surface area contributed by atoms with Gasteiger partial charge < -0.3 is 19.9 Å². The summed E-state index contributed by atoms with van der Waals surface area (Å²) in [6, 6.07) is 18.6. The van der Waals surface area contributed by atoms with E-state index >= 15 is 0 Å². The third kappa shape index (κ3) is 3.71. The maximum absolute atomic E-state index is 14.7. The maximum Gasteiger partial charge on any atom is 0.174 e. The lowest BCUT2D eigenvalue weighted by Gasteiger charge is -2.28. The Hall–Kier alpha value is -3.42. The Morgan fingerprint density at radius 3 is 2.53 bits per heavy atom. The lowest BCUT2D eigenvalue weighted by Crippen LogP contribution is -2.29. The summed E-state index contributed by atoms with van der Waals surface area (Å²) < 4.78 is 16.6. The van der Waals surface area contributed by atoms with Gasteiger partial charge in [0.15, 0.2) is 5.11 Å². The number of hydrogen-bond acceptors (Lipinski definition) is 3. The Balaban J connectivity index is 1.72. The first-order valence-electron chi connectivity index (χ1n) is 10.8. The van der Waals surface area contributed by atoms with E-state index in [9.17, 15) is 9.50 Å². The number of thiocarbonyl (C=S) groups is 1. The van der Waals surface area contributed by atoms with E-state index in [1.807, 2.05) is 53.6 Å². The van der Waals surface area contributed by atoms with Crippen LogP contribution in [0.3, 0.4) is 0 Å². The topological polar surface area (TPSA) is 53.3 Å². The van der Waals surface area contributed by atoms with Crippen LogP contribution in [-0.4, -0.2) is 19.8 Å². The summed E-state index contributed by atoms with van der Waals surface area (Å²) in [6.07, 6.45) is 1.74. The molecule has 0 radical (unpaired) electrons. The average Bonchev–Trinajstić information content (AvgIpc) is 3.32. The molecule has 3 heterocycles. The van der Waals surface area contributed by atoms with Gasteiger partial charge in [0.1, 0.15) is 11.6 Å². The molecule has 1 aliphatic heterocycles. The number of hydrogen-bond donors (Lipinski definition) is 2. The van der Waals surface area contributed by atoms with Crippen molar-refractivity contribution in [3.05, 3.63) is 106 Å². The number of anilines is 1. The fraction of sp³-hybridized carbons (Fsp3) is 0.154. The molecule has 5 rings (SSSR count). The number of benzene rings is 2. The molecule has 1 aliphatic rings. The second kappa shape index (κ2) is 8.74. The number of aromatic nitrogens is 2. The minimum absolute atomic E-state index is 0.0585. The highest BCUT2D eigenvalue weighted by Gasteiger charge is 2.43. The number of phenolic OH excluding ortho intramolecular Hbond substituents is 1. The van der Waals surface area contributed by atoms with E-state index in [2.05, 4.69) is 10.3 Å². The highest BCUT2D eigenvalue weighted by molar-refractivity contribution is 7.80. The molecule has 4 aromatic rings. The Labute approximate surface area is 207 Å². The molecular weight excluding hydrogens is 471 g/mol. The van der Waals surface area contributed by atoms with Gasteiger partial charge in [-0.05, 0) is 80.2 Å². The summed E-state index contributed by atoms with van der Waals surface area (Å²) in [4.78, 5) is 6.43. The Kier molecular flexibility index (Phi) is 5.75. The van der Waals surface area contributed by atoms with Crippen molar-refractivity contribution >= 4 is 34.6 Å². The highest BCUT2D eigenvalue weighted by Crippen LogP contribution is 2.46. The summed E-state index contributed by atoms with van der Waals surface area (Å²) in [5, 5.41) is 15.0. The summed E-state index contributed by atoms with van der Waals surface area (Å²) in [7, 11) is 0. The molecular formula is C26H22ClFN4OS. The Morgan fingerprint density at radius 2 is 1.79 bits per heavy atom. The van der Waals surface area contributed by atoms with Gasteiger partial charge in [-0.15, -0.1) is 0 Å². The SMILES string of the molecule is Cc1cc([C@@H]2[C@H](c3ccccn3)NC(=S)N2c2cc(Cl)ccc2O)c(C)n1-c1ccccc1F. The van der Waals surface area contributed by atoms with Gasteiger partial charge in [0.2, 0.25) is 0 Å². The molecule has 172 valence electrons. The zero-order chi connectivity index (χ0) is 24.0. The molecule has 0 spiro atoms. The van der Waals surface area contributed by atoms with Crippen LogP contribution in [0.4, 0.5) is 10.1 Å². The van der Waals surface area contributed by atoms with Crippen LogP contribution in [0.1, 0.15) is 34.7 Å². The minimum Gasteiger partial charge on any atom is -0.506 e. The van der Waals surface area contributed by atoms with Crippen LogP contribution in [-0.2, 0) is 0 Å². The molecule has 0 saturated carbocycles. The van der Waals surface area contributed by atoms with Crippen molar-refractivity contribution < 1.29 is 9.50 Å². The van der Waals surface area contributed by atoms with Crippen molar-refractivity contribution in [1.29, 1.82) is 0 Å². The fourth-order valence-electron chi connectivity index (χ4n) is 4.71. The van der Waals surface area contributed by atoms with Crippen molar-refractivity contribution in [3.8, 4) is 11.4 Å². The quantitative estimate of drug-likeness (QED) is 0.334. The predicted octanol–water partition coefficient (Wildman–Crippen LogP) is 6.16. The largest absolute Gasteiger partial charge is 0.506 e. The van der Waals surface area contributed by atoms with Crippen LogP contribution in [0.5, 0.6) is 5.75 Å². The molecule has 1 fully saturated rings. The molecule has 0 bridgehead atoms. The molecule has 0 unspecified atom stereocenters. The van der Waals surface area contributed by atoms with E-state index in [0.717, 1.165) is 22.6 Å². The van der Waals surface area contributed by atoms with Gasteiger partial charge in [0, 0.05) is 22.6 Å².